The Labute approximate surface area is 190 Å². The molecule has 9 nitrogen and oxygen atoms in total. The van der Waals surface area contributed by atoms with Crippen LogP contribution in [0.5, 0.6) is 0 Å². The van der Waals surface area contributed by atoms with Gasteiger partial charge in [-0.15, -0.1) is 0 Å². The predicted octanol–water partition coefficient (Wildman–Crippen LogP) is 2.06. The first-order valence-electron chi connectivity index (χ1n) is 9.34. The minimum atomic E-state index is -3.74. The van der Waals surface area contributed by atoms with Gasteiger partial charge in [0.25, 0.3) is 5.91 Å². The number of carbonyl (C=O) groups is 2. The number of morpholine rings is 1. The van der Waals surface area contributed by atoms with Crippen LogP contribution in [0.4, 0.5) is 5.69 Å². The molecule has 0 atom stereocenters. The molecule has 0 bridgehead atoms. The highest BCUT2D eigenvalue weighted by molar-refractivity contribution is 7.89. The van der Waals surface area contributed by atoms with Crippen LogP contribution in [-0.4, -0.2) is 73.9 Å². The van der Waals surface area contributed by atoms with E-state index in [-0.39, 0.29) is 30.2 Å². The molecule has 2 amide bonds. The summed E-state index contributed by atoms with van der Waals surface area (Å²) in [5, 5.41) is 3.29. The van der Waals surface area contributed by atoms with Crippen LogP contribution >= 0.6 is 23.2 Å². The van der Waals surface area contributed by atoms with Gasteiger partial charge in [0.15, 0.2) is 0 Å². The Bertz CT molecular complexity index is 1100. The van der Waals surface area contributed by atoms with Crippen LogP contribution in [-0.2, 0) is 26.6 Å². The fraction of sp³-hybridized carbons (Fsp3) is 0.368. The monoisotopic (exact) mass is 488 g/mol. The molecule has 3 rings (SSSR count). The van der Waals surface area contributed by atoms with Crippen molar-refractivity contribution in [3.05, 3.63) is 46.2 Å². The molecule has 1 saturated heterocycles. The summed E-state index contributed by atoms with van der Waals surface area (Å²) in [7, 11) is -0.698. The summed E-state index contributed by atoms with van der Waals surface area (Å²) in [5.41, 5.74) is 0.592. The molecule has 1 aromatic carbocycles. The van der Waals surface area contributed by atoms with E-state index >= 15 is 0 Å². The van der Waals surface area contributed by atoms with Crippen molar-refractivity contribution in [2.24, 2.45) is 7.05 Å². The van der Waals surface area contributed by atoms with Gasteiger partial charge in [-0.1, -0.05) is 23.2 Å². The highest BCUT2D eigenvalue weighted by atomic mass is 35.5. The molecule has 0 saturated carbocycles. The van der Waals surface area contributed by atoms with Gasteiger partial charge in [-0.25, -0.2) is 8.42 Å². The molecule has 1 fully saturated rings. The SMILES string of the molecule is CN(CC(=O)Nc1ccc(Cl)c(Cl)c1)C(=O)c1cc(S(=O)(=O)N2CCOCC2)cn1C. The molecule has 1 aromatic heterocycles. The van der Waals surface area contributed by atoms with E-state index < -0.39 is 21.8 Å². The van der Waals surface area contributed by atoms with Gasteiger partial charge in [-0.05, 0) is 24.3 Å². The Morgan fingerprint density at radius 2 is 1.84 bits per heavy atom. The van der Waals surface area contributed by atoms with E-state index in [0.717, 1.165) is 0 Å². The topological polar surface area (TPSA) is 101 Å². The number of benzene rings is 1. The van der Waals surface area contributed by atoms with Crippen LogP contribution in [0.2, 0.25) is 10.0 Å². The summed E-state index contributed by atoms with van der Waals surface area (Å²) in [4.78, 5) is 26.4. The van der Waals surface area contributed by atoms with E-state index in [2.05, 4.69) is 5.32 Å². The van der Waals surface area contributed by atoms with Crippen molar-refractivity contribution in [2.75, 3.05) is 45.2 Å². The number of anilines is 1. The van der Waals surface area contributed by atoms with Gasteiger partial charge in [0, 0.05) is 39.1 Å². The number of halogens is 2. The molecule has 1 N–H and O–H groups in total. The second kappa shape index (κ2) is 9.58. The number of amides is 2. The fourth-order valence-electron chi connectivity index (χ4n) is 3.08. The predicted molar refractivity (Wildman–Crippen MR) is 117 cm³/mol. The maximum Gasteiger partial charge on any atom is 0.270 e. The lowest BCUT2D eigenvalue weighted by molar-refractivity contribution is -0.116. The number of nitrogens with zero attached hydrogens (tertiary/aromatic N) is 3. The van der Waals surface area contributed by atoms with Crippen LogP contribution < -0.4 is 5.32 Å². The first-order valence-corrected chi connectivity index (χ1v) is 11.5. The lowest BCUT2D eigenvalue weighted by Crippen LogP contribution is -2.40. The Kier molecular flexibility index (Phi) is 7.28. The maximum atomic E-state index is 12.8. The van der Waals surface area contributed by atoms with Crippen molar-refractivity contribution in [1.29, 1.82) is 0 Å². The number of nitrogens with one attached hydrogen (secondary N) is 1. The number of rotatable bonds is 6. The number of aryl methyl sites for hydroxylation is 1. The van der Waals surface area contributed by atoms with Gasteiger partial charge >= 0.3 is 0 Å². The van der Waals surface area contributed by atoms with Gasteiger partial charge < -0.3 is 19.5 Å². The second-order valence-corrected chi connectivity index (χ2v) is 9.78. The largest absolute Gasteiger partial charge is 0.379 e. The summed E-state index contributed by atoms with van der Waals surface area (Å²) < 4.78 is 33.6. The summed E-state index contributed by atoms with van der Waals surface area (Å²) in [5.74, 6) is -0.931. The number of aromatic nitrogens is 1. The first kappa shape index (κ1) is 23.6. The van der Waals surface area contributed by atoms with Crippen LogP contribution in [0.15, 0.2) is 35.4 Å². The average Bonchev–Trinajstić information content (AvgIpc) is 3.13. The molecule has 0 aliphatic carbocycles. The van der Waals surface area contributed by atoms with E-state index in [0.29, 0.717) is 28.9 Å². The summed E-state index contributed by atoms with van der Waals surface area (Å²) in [6.07, 6.45) is 1.39. The second-order valence-electron chi connectivity index (χ2n) is 7.03. The molecule has 1 aliphatic rings. The Balaban J connectivity index is 1.69. The maximum absolute atomic E-state index is 12.8. The van der Waals surface area contributed by atoms with E-state index in [9.17, 15) is 18.0 Å². The van der Waals surface area contributed by atoms with Crippen LogP contribution in [0.25, 0.3) is 0 Å². The molecule has 168 valence electrons. The normalized spacial score (nSPS) is 15.0. The molecule has 0 unspecified atom stereocenters. The molecule has 31 heavy (non-hydrogen) atoms. The van der Waals surface area contributed by atoms with Crippen molar-refractivity contribution in [3.8, 4) is 0 Å². The van der Waals surface area contributed by atoms with E-state index in [1.165, 1.54) is 39.1 Å². The zero-order chi connectivity index (χ0) is 22.8. The lowest BCUT2D eigenvalue weighted by Gasteiger charge is -2.25. The van der Waals surface area contributed by atoms with E-state index in [4.69, 9.17) is 27.9 Å². The van der Waals surface area contributed by atoms with Crippen LogP contribution in [0.1, 0.15) is 10.5 Å². The molecule has 2 aromatic rings. The first-order chi connectivity index (χ1) is 14.6. The van der Waals surface area contributed by atoms with Crippen molar-refractivity contribution in [3.63, 3.8) is 0 Å². The van der Waals surface area contributed by atoms with Crippen molar-refractivity contribution < 1.29 is 22.7 Å². The van der Waals surface area contributed by atoms with Gasteiger partial charge in [-0.2, -0.15) is 4.31 Å². The molecule has 12 heteroatoms. The third-order valence-corrected chi connectivity index (χ3v) is 7.34. The number of hydrogen-bond acceptors (Lipinski definition) is 5. The van der Waals surface area contributed by atoms with Gasteiger partial charge in [0.2, 0.25) is 15.9 Å². The molecular weight excluding hydrogens is 467 g/mol. The molecule has 2 heterocycles. The number of hydrogen-bond donors (Lipinski definition) is 1. The Hall–Kier alpha value is -2.11. The zero-order valence-corrected chi connectivity index (χ0v) is 19.3. The number of likely N-dealkylation sites (N-methyl/N-ethyl adjacent to an activating group) is 1. The van der Waals surface area contributed by atoms with Crippen molar-refractivity contribution in [2.45, 2.75) is 4.90 Å². The smallest absolute Gasteiger partial charge is 0.270 e. The fourth-order valence-corrected chi connectivity index (χ4v) is 4.86. The third-order valence-electron chi connectivity index (χ3n) is 4.74. The van der Waals surface area contributed by atoms with Gasteiger partial charge in [0.05, 0.1) is 29.8 Å². The Morgan fingerprint density at radius 3 is 2.48 bits per heavy atom. The number of sulfonamides is 1. The highest BCUT2D eigenvalue weighted by Gasteiger charge is 2.29. The summed E-state index contributed by atoms with van der Waals surface area (Å²) in [6.45, 7) is 0.934. The standard InChI is InChI=1S/C19H22Cl2N4O5S/c1-23-11-14(31(28,29)25-5-7-30-8-6-25)10-17(23)19(27)24(2)12-18(26)22-13-3-4-15(20)16(21)9-13/h3-4,9-11H,5-8,12H2,1-2H3,(H,22,26). The number of carbonyl (C=O) groups excluding carboxylic acids is 2. The minimum Gasteiger partial charge on any atom is -0.379 e. The van der Waals surface area contributed by atoms with Crippen molar-refractivity contribution in [1.82, 2.24) is 13.8 Å². The molecule has 1 aliphatic heterocycles. The molecule has 0 spiro atoms. The summed E-state index contributed by atoms with van der Waals surface area (Å²) in [6, 6.07) is 5.97. The van der Waals surface area contributed by atoms with Crippen LogP contribution in [0, 0.1) is 0 Å². The van der Waals surface area contributed by atoms with E-state index in [1.807, 2.05) is 0 Å². The Morgan fingerprint density at radius 1 is 1.16 bits per heavy atom. The quantitative estimate of drug-likeness (QED) is 0.670. The zero-order valence-electron chi connectivity index (χ0n) is 17.0. The average molecular weight is 489 g/mol. The summed E-state index contributed by atoms with van der Waals surface area (Å²) >= 11 is 11.8. The van der Waals surface area contributed by atoms with Crippen LogP contribution in [0.3, 0.4) is 0 Å². The van der Waals surface area contributed by atoms with E-state index in [1.54, 1.807) is 19.2 Å². The minimum absolute atomic E-state index is 0.0221. The lowest BCUT2D eigenvalue weighted by atomic mass is 10.3. The van der Waals surface area contributed by atoms with Gasteiger partial charge in [0.1, 0.15) is 10.6 Å². The number of ether oxygens (including phenoxy) is 1. The molecular formula is C19H22Cl2N4O5S. The highest BCUT2D eigenvalue weighted by Crippen LogP contribution is 2.25. The van der Waals surface area contributed by atoms with Gasteiger partial charge in [-0.3, -0.25) is 9.59 Å². The van der Waals surface area contributed by atoms with Crippen molar-refractivity contribution >= 4 is 50.7 Å². The molecule has 0 radical (unpaired) electrons. The third kappa shape index (κ3) is 5.39.